The van der Waals surface area contributed by atoms with E-state index in [4.69, 9.17) is 10.2 Å². The summed E-state index contributed by atoms with van der Waals surface area (Å²) in [6.07, 6.45) is 0. The molecule has 2 aromatic carbocycles. The van der Waals surface area contributed by atoms with Gasteiger partial charge in [0.05, 0.1) is 0 Å². The predicted octanol–water partition coefficient (Wildman–Crippen LogP) is 4.61. The normalized spacial score (nSPS) is 10.0. The number of para-hydroxylation sites is 2. The van der Waals surface area contributed by atoms with Crippen LogP contribution < -0.4 is 9.97 Å². The van der Waals surface area contributed by atoms with Crippen LogP contribution in [0.5, 0.6) is 10.4 Å². The van der Waals surface area contributed by atoms with E-state index in [1.807, 2.05) is 48.5 Å². The summed E-state index contributed by atoms with van der Waals surface area (Å²) < 4.78 is 2.17. The fourth-order valence-corrected chi connectivity index (χ4v) is 3.30. The Hall–Kier alpha value is -0.0317. The van der Waals surface area contributed by atoms with E-state index >= 15 is 0 Å². The number of halogens is 2. The Morgan fingerprint density at radius 3 is 1.43 bits per heavy atom. The molecule has 2 aromatic heterocycles. The Morgan fingerprint density at radius 1 is 0.739 bits per heavy atom. The Morgan fingerprint density at radius 2 is 1.09 bits per heavy atom. The molecule has 4 N–H and O–H groups in total. The number of fused-ring (bicyclic) bond motifs is 2. The van der Waals surface area contributed by atoms with Crippen LogP contribution in [-0.2, 0) is 11.2 Å². The number of nitrogens with one attached hydrogen (secondary N) is 2. The molecule has 0 atom stereocenters. The van der Waals surface area contributed by atoms with Crippen molar-refractivity contribution < 1.29 is 31.4 Å². The van der Waals surface area contributed by atoms with Gasteiger partial charge in [0.2, 0.25) is 11.0 Å². The summed E-state index contributed by atoms with van der Waals surface area (Å²) in [5, 5.41) is 18.6. The number of thiazole rings is 2. The molecule has 4 rings (SSSR count). The molecule has 23 heavy (non-hydrogen) atoms. The van der Waals surface area contributed by atoms with Crippen LogP contribution in [0.15, 0.2) is 48.5 Å². The third-order valence-electron chi connectivity index (χ3n) is 2.67. The maximum atomic E-state index is 9.02. The minimum atomic E-state index is 0.265. The van der Waals surface area contributed by atoms with Gasteiger partial charge in [0.1, 0.15) is 9.40 Å². The van der Waals surface area contributed by atoms with Gasteiger partial charge in [-0.2, -0.15) is 9.97 Å². The quantitative estimate of drug-likeness (QED) is 0.258. The molecule has 0 unspecified atom stereocenters. The molecular weight excluding hydrogens is 741 g/mol. The summed E-state index contributed by atoms with van der Waals surface area (Å²) in [6, 6.07) is 15.6. The molecule has 0 fully saturated rings. The number of hydrogen-bond donors (Lipinski definition) is 2. The summed E-state index contributed by atoms with van der Waals surface area (Å²) >= 11 is 8.00. The number of hydrogen-bond acceptors (Lipinski definition) is 4. The van der Waals surface area contributed by atoms with E-state index < -0.39 is 0 Å². The van der Waals surface area contributed by atoms with Crippen molar-refractivity contribution >= 4 is 81.8 Å². The number of aromatic amines is 2. The second kappa shape index (κ2) is 10.1. The minimum absolute atomic E-state index is 0.265. The standard InChI is InChI=1S/2C7H5NOS.2HI.Pt/c2*9-7-8-5-3-1-2-4-6(5)10-7;;;/h2*1-4H,(H,8,9);2*1H;/q;;;;+2. The van der Waals surface area contributed by atoms with Crippen molar-refractivity contribution in [3.63, 3.8) is 0 Å². The van der Waals surface area contributed by atoms with E-state index in [9.17, 15) is 0 Å². The summed E-state index contributed by atoms with van der Waals surface area (Å²) in [5.41, 5.74) is 1.98. The molecule has 2 heterocycles. The molecule has 4 aromatic rings. The molecule has 0 spiro atoms. The van der Waals surface area contributed by atoms with E-state index in [-0.39, 0.29) is 10.4 Å². The maximum absolute atomic E-state index is 9.02. The van der Waals surface area contributed by atoms with Crippen LogP contribution in [0.4, 0.5) is 0 Å². The van der Waals surface area contributed by atoms with Crippen molar-refractivity contribution in [3.05, 3.63) is 48.5 Å². The van der Waals surface area contributed by atoms with Crippen LogP contribution in [0.2, 0.25) is 0 Å². The van der Waals surface area contributed by atoms with Crippen LogP contribution in [0.3, 0.4) is 0 Å². The SMILES string of the molecule is Oc1[nH+]c2ccccc2s1.Oc1[nH+]c2ccccc2s1.[I][Pt][I]. The van der Waals surface area contributed by atoms with Crippen LogP contribution in [-0.4, -0.2) is 10.2 Å². The monoisotopic (exact) mass is 753 g/mol. The Labute approximate surface area is 170 Å². The second-order valence-electron chi connectivity index (χ2n) is 4.10. The molecule has 0 saturated carbocycles. The number of aromatic hydroxyl groups is 2. The number of benzene rings is 2. The van der Waals surface area contributed by atoms with Gasteiger partial charge < -0.3 is 10.2 Å². The predicted molar refractivity (Wildman–Crippen MR) is 108 cm³/mol. The molecule has 9 heteroatoms. The topological polar surface area (TPSA) is 68.7 Å². The van der Waals surface area contributed by atoms with Crippen molar-refractivity contribution in [2.24, 2.45) is 0 Å². The molecular formula is C14H12I2N2O2PtS2+2. The van der Waals surface area contributed by atoms with Crippen LogP contribution in [0, 0.1) is 0 Å². The average molecular weight is 753 g/mol. The average Bonchev–Trinajstić information content (AvgIpc) is 3.08. The van der Waals surface area contributed by atoms with Crippen LogP contribution in [0.25, 0.3) is 20.4 Å². The van der Waals surface area contributed by atoms with Gasteiger partial charge in [0, 0.05) is 12.1 Å². The first-order chi connectivity index (χ1) is 11.1. The molecule has 0 aliphatic rings. The van der Waals surface area contributed by atoms with E-state index in [1.165, 1.54) is 22.7 Å². The van der Waals surface area contributed by atoms with Crippen molar-refractivity contribution in [3.8, 4) is 10.4 Å². The first kappa shape index (κ1) is 19.3. The molecule has 4 nitrogen and oxygen atoms in total. The number of aromatic nitrogens is 2. The van der Waals surface area contributed by atoms with Gasteiger partial charge in [-0.3, -0.25) is 0 Å². The van der Waals surface area contributed by atoms with Crippen molar-refractivity contribution in [1.82, 2.24) is 0 Å². The van der Waals surface area contributed by atoms with Gasteiger partial charge in [-0.15, -0.1) is 0 Å². The zero-order valence-electron chi connectivity index (χ0n) is 11.4. The van der Waals surface area contributed by atoms with Crippen LogP contribution in [0.1, 0.15) is 0 Å². The third kappa shape index (κ3) is 6.08. The second-order valence-corrected chi connectivity index (χ2v) is 22.8. The fourth-order valence-electron chi connectivity index (χ4n) is 1.81. The molecule has 0 saturated heterocycles. The molecule has 124 valence electrons. The number of H-pyrrole nitrogens is 2. The first-order valence-electron chi connectivity index (χ1n) is 6.16. The summed E-state index contributed by atoms with van der Waals surface area (Å²) in [7, 11) is 0. The third-order valence-corrected chi connectivity index (χ3v) is 4.41. The van der Waals surface area contributed by atoms with Crippen LogP contribution >= 0.6 is 61.4 Å². The Balaban J connectivity index is 0.000000143. The van der Waals surface area contributed by atoms with Gasteiger partial charge in [-0.05, 0) is 34.8 Å². The first-order valence-corrected chi connectivity index (χ1v) is 20.7. The fraction of sp³-hybridized carbons (Fsp3) is 0. The molecule has 0 aliphatic carbocycles. The van der Waals surface area contributed by atoms with Gasteiger partial charge >= 0.3 is 60.3 Å². The zero-order valence-corrected chi connectivity index (χ0v) is 19.6. The van der Waals surface area contributed by atoms with Gasteiger partial charge in [0.15, 0.2) is 0 Å². The zero-order chi connectivity index (χ0) is 16.7. The van der Waals surface area contributed by atoms with E-state index in [0.29, 0.717) is 11.2 Å². The molecule has 0 radical (unpaired) electrons. The van der Waals surface area contributed by atoms with Crippen molar-refractivity contribution in [2.45, 2.75) is 0 Å². The molecule has 0 aliphatic heterocycles. The van der Waals surface area contributed by atoms with E-state index in [0.717, 1.165) is 20.4 Å². The summed E-state index contributed by atoms with van der Waals surface area (Å²) in [4.78, 5) is 5.66. The van der Waals surface area contributed by atoms with Crippen molar-refractivity contribution in [2.75, 3.05) is 0 Å². The van der Waals surface area contributed by atoms with Gasteiger partial charge in [0.25, 0.3) is 0 Å². The van der Waals surface area contributed by atoms with Gasteiger partial charge in [-0.25, -0.2) is 0 Å². The van der Waals surface area contributed by atoms with Gasteiger partial charge in [-0.1, -0.05) is 24.3 Å². The Bertz CT molecular complexity index is 747. The van der Waals surface area contributed by atoms with E-state index in [2.05, 4.69) is 48.7 Å². The summed E-state index contributed by atoms with van der Waals surface area (Å²) in [5.74, 6) is 0. The van der Waals surface area contributed by atoms with Crippen molar-refractivity contribution in [1.29, 1.82) is 0 Å². The Kier molecular flexibility index (Phi) is 8.45. The summed E-state index contributed by atoms with van der Waals surface area (Å²) in [6.45, 7) is 0. The number of rotatable bonds is 0. The van der Waals surface area contributed by atoms with E-state index in [1.54, 1.807) is 0 Å². The molecule has 0 amide bonds. The molecule has 0 bridgehead atoms.